The predicted molar refractivity (Wildman–Crippen MR) is 72.0 cm³/mol. The van der Waals surface area contributed by atoms with Crippen molar-refractivity contribution in [3.05, 3.63) is 22.4 Å². The third-order valence-electron chi connectivity index (χ3n) is 3.32. The maximum atomic E-state index is 11.9. The van der Waals surface area contributed by atoms with Crippen molar-refractivity contribution in [2.45, 2.75) is 31.2 Å². The number of anilines is 2. The summed E-state index contributed by atoms with van der Waals surface area (Å²) in [6.45, 7) is 0. The number of nitrogens with two attached hydrogens (primary N) is 1. The van der Waals surface area contributed by atoms with E-state index >= 15 is 0 Å². The third kappa shape index (κ3) is 2.60. The second-order valence-electron chi connectivity index (χ2n) is 4.73. The molecule has 0 spiro atoms. The summed E-state index contributed by atoms with van der Waals surface area (Å²) in [4.78, 5) is 13.1. The Hall–Kier alpha value is -1.89. The van der Waals surface area contributed by atoms with Gasteiger partial charge in [-0.15, -0.1) is 11.3 Å². The number of nitrogens with one attached hydrogen (secondary N) is 1. The number of Topliss-reactive ketones (excluding diaryl/α,β-unsaturated/α-hetero) is 1. The zero-order valence-corrected chi connectivity index (χ0v) is 11.0. The van der Waals surface area contributed by atoms with Crippen LogP contribution in [0.3, 0.4) is 0 Å². The Balaban J connectivity index is 1.72. The van der Waals surface area contributed by atoms with Gasteiger partial charge in [0.1, 0.15) is 5.78 Å². The SMILES string of the molecule is Nc1nonc1N[C@@H]1CC(=O)C[C@H](c2cccs2)C1. The fourth-order valence-corrected chi connectivity index (χ4v) is 3.33. The van der Waals surface area contributed by atoms with E-state index in [0.717, 1.165) is 6.42 Å². The van der Waals surface area contributed by atoms with Crippen molar-refractivity contribution in [1.82, 2.24) is 10.3 Å². The Morgan fingerprint density at radius 1 is 1.42 bits per heavy atom. The van der Waals surface area contributed by atoms with E-state index in [1.807, 2.05) is 11.4 Å². The molecule has 0 bridgehead atoms. The van der Waals surface area contributed by atoms with Crippen LogP contribution < -0.4 is 11.1 Å². The molecular weight excluding hydrogens is 264 g/mol. The molecule has 0 radical (unpaired) electrons. The highest BCUT2D eigenvalue weighted by Crippen LogP contribution is 2.35. The molecule has 0 saturated heterocycles. The van der Waals surface area contributed by atoms with Gasteiger partial charge >= 0.3 is 0 Å². The summed E-state index contributed by atoms with van der Waals surface area (Å²) in [5.41, 5.74) is 5.61. The summed E-state index contributed by atoms with van der Waals surface area (Å²) in [5, 5.41) is 12.4. The van der Waals surface area contributed by atoms with Crippen molar-refractivity contribution in [1.29, 1.82) is 0 Å². The van der Waals surface area contributed by atoms with Gasteiger partial charge in [-0.25, -0.2) is 4.63 Å². The first-order valence-electron chi connectivity index (χ1n) is 6.12. The van der Waals surface area contributed by atoms with Gasteiger partial charge in [0, 0.05) is 29.7 Å². The van der Waals surface area contributed by atoms with E-state index in [0.29, 0.717) is 18.7 Å². The smallest absolute Gasteiger partial charge is 0.215 e. The lowest BCUT2D eigenvalue weighted by atomic mass is 9.84. The van der Waals surface area contributed by atoms with Gasteiger partial charge in [-0.05, 0) is 28.2 Å². The third-order valence-corrected chi connectivity index (χ3v) is 4.35. The first-order chi connectivity index (χ1) is 9.22. The Morgan fingerprint density at radius 2 is 2.32 bits per heavy atom. The molecule has 1 fully saturated rings. The molecule has 0 unspecified atom stereocenters. The number of carbonyl (C=O) groups is 1. The van der Waals surface area contributed by atoms with Gasteiger partial charge in [-0.2, -0.15) is 0 Å². The molecule has 3 N–H and O–H groups in total. The van der Waals surface area contributed by atoms with Crippen LogP contribution in [-0.2, 0) is 4.79 Å². The number of aromatic nitrogens is 2. The van der Waals surface area contributed by atoms with Crippen molar-refractivity contribution in [3.8, 4) is 0 Å². The molecule has 3 rings (SSSR count). The number of ketones is 1. The molecule has 2 aromatic rings. The average molecular weight is 278 g/mol. The minimum absolute atomic E-state index is 0.0301. The molecule has 7 heteroatoms. The zero-order valence-electron chi connectivity index (χ0n) is 10.2. The van der Waals surface area contributed by atoms with Crippen LogP contribution >= 0.6 is 11.3 Å². The second kappa shape index (κ2) is 5.00. The van der Waals surface area contributed by atoms with Crippen LogP contribution in [0.5, 0.6) is 0 Å². The molecule has 2 heterocycles. The average Bonchev–Trinajstić information content (AvgIpc) is 3.01. The topological polar surface area (TPSA) is 94.0 Å². The first kappa shape index (κ1) is 12.2. The number of hydrogen-bond donors (Lipinski definition) is 2. The maximum Gasteiger partial charge on any atom is 0.215 e. The van der Waals surface area contributed by atoms with Gasteiger partial charge in [0.25, 0.3) is 0 Å². The van der Waals surface area contributed by atoms with Crippen LogP contribution in [0.2, 0.25) is 0 Å². The standard InChI is InChI=1S/C12H14N4O2S/c13-11-12(16-18-15-11)14-8-4-7(5-9(17)6-8)10-2-1-3-19-10/h1-3,7-8H,4-6H2,(H2,13,15)(H,14,16)/t7-,8+/m1/s1. The van der Waals surface area contributed by atoms with Crippen molar-refractivity contribution in [2.24, 2.45) is 0 Å². The normalized spacial score (nSPS) is 23.5. The lowest BCUT2D eigenvalue weighted by Crippen LogP contribution is -2.31. The van der Waals surface area contributed by atoms with Gasteiger partial charge in [-0.3, -0.25) is 4.79 Å². The Bertz CT molecular complexity index is 566. The van der Waals surface area contributed by atoms with Crippen molar-refractivity contribution < 1.29 is 9.42 Å². The maximum absolute atomic E-state index is 11.9. The predicted octanol–water partition coefficient (Wildman–Crippen LogP) is 2.03. The largest absolute Gasteiger partial charge is 0.378 e. The number of rotatable bonds is 3. The molecule has 2 atom stereocenters. The van der Waals surface area contributed by atoms with Crippen molar-refractivity contribution in [2.75, 3.05) is 11.1 Å². The summed E-state index contributed by atoms with van der Waals surface area (Å²) in [7, 11) is 0. The van der Waals surface area contributed by atoms with Crippen LogP contribution in [0.25, 0.3) is 0 Å². The van der Waals surface area contributed by atoms with E-state index in [-0.39, 0.29) is 23.6 Å². The van der Waals surface area contributed by atoms with Crippen LogP contribution in [0.15, 0.2) is 22.1 Å². The second-order valence-corrected chi connectivity index (χ2v) is 5.71. The molecule has 1 aliphatic carbocycles. The summed E-state index contributed by atoms with van der Waals surface area (Å²) in [6.07, 6.45) is 2.00. The molecule has 1 saturated carbocycles. The number of nitrogens with zero attached hydrogens (tertiary/aromatic N) is 2. The van der Waals surface area contributed by atoms with Gasteiger partial charge in [0.2, 0.25) is 11.6 Å². The first-order valence-corrected chi connectivity index (χ1v) is 7.00. The van der Waals surface area contributed by atoms with Crippen molar-refractivity contribution >= 4 is 28.8 Å². The quantitative estimate of drug-likeness (QED) is 0.892. The summed E-state index contributed by atoms with van der Waals surface area (Å²) < 4.78 is 4.54. The summed E-state index contributed by atoms with van der Waals surface area (Å²) in [5.74, 6) is 1.19. The number of carbonyl (C=O) groups excluding carboxylic acids is 1. The van der Waals surface area contributed by atoms with Crippen molar-refractivity contribution in [3.63, 3.8) is 0 Å². The Kier molecular flexibility index (Phi) is 3.20. The highest BCUT2D eigenvalue weighted by atomic mass is 32.1. The van der Waals surface area contributed by atoms with Crippen LogP contribution in [0.1, 0.15) is 30.1 Å². The highest BCUT2D eigenvalue weighted by Gasteiger charge is 2.29. The lowest BCUT2D eigenvalue weighted by molar-refractivity contribution is -0.120. The monoisotopic (exact) mass is 278 g/mol. The number of thiophene rings is 1. The van der Waals surface area contributed by atoms with Crippen LogP contribution in [0.4, 0.5) is 11.6 Å². The molecule has 2 aromatic heterocycles. The summed E-state index contributed by atoms with van der Waals surface area (Å²) in [6, 6.07) is 4.13. The Labute approximate surface area is 114 Å². The van der Waals surface area contributed by atoms with E-state index in [1.165, 1.54) is 4.88 Å². The minimum atomic E-state index is 0.0301. The van der Waals surface area contributed by atoms with E-state index in [1.54, 1.807) is 11.3 Å². The molecule has 0 aromatic carbocycles. The van der Waals surface area contributed by atoms with E-state index in [4.69, 9.17) is 5.73 Å². The lowest BCUT2D eigenvalue weighted by Gasteiger charge is -2.28. The fraction of sp³-hybridized carbons (Fsp3) is 0.417. The van der Waals surface area contributed by atoms with Gasteiger partial charge < -0.3 is 11.1 Å². The van der Waals surface area contributed by atoms with Crippen LogP contribution in [-0.4, -0.2) is 22.1 Å². The van der Waals surface area contributed by atoms with Gasteiger partial charge in [-0.1, -0.05) is 6.07 Å². The van der Waals surface area contributed by atoms with Crippen LogP contribution in [0, 0.1) is 0 Å². The molecule has 0 aliphatic heterocycles. The molecule has 6 nitrogen and oxygen atoms in total. The molecular formula is C12H14N4O2S. The van der Waals surface area contributed by atoms with E-state index < -0.39 is 0 Å². The van der Waals surface area contributed by atoms with E-state index in [9.17, 15) is 4.79 Å². The summed E-state index contributed by atoms with van der Waals surface area (Å²) >= 11 is 1.69. The number of hydrogen-bond acceptors (Lipinski definition) is 7. The van der Waals surface area contributed by atoms with Gasteiger partial charge in [0.05, 0.1) is 0 Å². The fourth-order valence-electron chi connectivity index (χ4n) is 2.48. The van der Waals surface area contributed by atoms with E-state index in [2.05, 4.69) is 26.3 Å². The highest BCUT2D eigenvalue weighted by molar-refractivity contribution is 7.10. The molecule has 100 valence electrons. The molecule has 0 amide bonds. The van der Waals surface area contributed by atoms with Gasteiger partial charge in [0.15, 0.2) is 0 Å². The molecule has 19 heavy (non-hydrogen) atoms. The zero-order chi connectivity index (χ0) is 13.2. The number of nitrogen functional groups attached to an aromatic ring is 1. The Morgan fingerprint density at radius 3 is 3.00 bits per heavy atom. The molecule has 1 aliphatic rings. The minimum Gasteiger partial charge on any atom is -0.378 e.